The Hall–Kier alpha value is -1.93. The van der Waals surface area contributed by atoms with Gasteiger partial charge >= 0.3 is 0 Å². The summed E-state index contributed by atoms with van der Waals surface area (Å²) in [7, 11) is 1.81. The van der Waals surface area contributed by atoms with Crippen molar-refractivity contribution in [1.82, 2.24) is 19.6 Å². The molecule has 0 spiro atoms. The number of hydrogen-bond donors (Lipinski definition) is 1. The molecule has 1 unspecified atom stereocenters. The number of carbonyl (C=O) groups is 2. The van der Waals surface area contributed by atoms with Crippen LogP contribution in [-0.4, -0.2) is 76.8 Å². The van der Waals surface area contributed by atoms with Crippen LogP contribution >= 0.6 is 0 Å². The molecule has 1 aromatic heterocycles. The molecule has 2 amide bonds. The van der Waals surface area contributed by atoms with E-state index >= 15 is 0 Å². The first kappa shape index (κ1) is 16.9. The first-order chi connectivity index (χ1) is 11.6. The molecule has 1 atom stereocenters. The highest BCUT2D eigenvalue weighted by atomic mass is 16.5. The highest BCUT2D eigenvalue weighted by Gasteiger charge is 2.29. The highest BCUT2D eigenvalue weighted by molar-refractivity contribution is 5.91. The Kier molecular flexibility index (Phi) is 5.47. The first-order valence-corrected chi connectivity index (χ1v) is 8.54. The summed E-state index contributed by atoms with van der Waals surface area (Å²) in [5.41, 5.74) is 0. The van der Waals surface area contributed by atoms with Gasteiger partial charge in [0.1, 0.15) is 6.10 Å². The van der Waals surface area contributed by atoms with Crippen molar-refractivity contribution in [1.29, 1.82) is 0 Å². The molecule has 0 aromatic carbocycles. The number of aryl methyl sites for hydroxylation is 1. The molecule has 3 heterocycles. The Balaban J connectivity index is 1.46. The zero-order valence-corrected chi connectivity index (χ0v) is 14.1. The minimum absolute atomic E-state index is 0.0763. The van der Waals surface area contributed by atoms with E-state index in [4.69, 9.17) is 4.74 Å². The van der Waals surface area contributed by atoms with Crippen LogP contribution in [0, 0.1) is 0 Å². The second-order valence-electron chi connectivity index (χ2n) is 6.38. The molecule has 1 aromatic rings. The maximum absolute atomic E-state index is 12.4. The van der Waals surface area contributed by atoms with Gasteiger partial charge in [-0.1, -0.05) is 0 Å². The molecule has 0 bridgehead atoms. The Morgan fingerprint density at radius 3 is 2.88 bits per heavy atom. The molecule has 132 valence electrons. The standard InChI is InChI=1S/C16H25N5O3/c1-19-8-5-14(18-19)17-15(22)12-20-6-3-7-21(10-9-20)16(23)13-4-2-11-24-13/h5,8,13H,2-4,6-7,9-12H2,1H3,(H,17,18,22). The normalized spacial score (nSPS) is 22.4. The molecule has 2 fully saturated rings. The summed E-state index contributed by atoms with van der Waals surface area (Å²) >= 11 is 0. The lowest BCUT2D eigenvalue weighted by Gasteiger charge is -2.24. The van der Waals surface area contributed by atoms with Gasteiger partial charge in [0.25, 0.3) is 5.91 Å². The van der Waals surface area contributed by atoms with Crippen molar-refractivity contribution in [3.05, 3.63) is 12.3 Å². The molecule has 3 rings (SSSR count). The molecule has 0 radical (unpaired) electrons. The van der Waals surface area contributed by atoms with Crippen LogP contribution < -0.4 is 5.32 Å². The van der Waals surface area contributed by atoms with Crippen LogP contribution in [0.4, 0.5) is 5.82 Å². The van der Waals surface area contributed by atoms with E-state index in [0.717, 1.165) is 32.4 Å². The van der Waals surface area contributed by atoms with Crippen molar-refractivity contribution in [2.45, 2.75) is 25.4 Å². The highest BCUT2D eigenvalue weighted by Crippen LogP contribution is 2.16. The van der Waals surface area contributed by atoms with Crippen molar-refractivity contribution >= 4 is 17.6 Å². The topological polar surface area (TPSA) is 79.7 Å². The maximum Gasteiger partial charge on any atom is 0.251 e. The van der Waals surface area contributed by atoms with Gasteiger partial charge in [0, 0.05) is 52.1 Å². The van der Waals surface area contributed by atoms with Gasteiger partial charge in [0.15, 0.2) is 5.82 Å². The van der Waals surface area contributed by atoms with Crippen LogP contribution in [0.3, 0.4) is 0 Å². The largest absolute Gasteiger partial charge is 0.368 e. The lowest BCUT2D eigenvalue weighted by molar-refractivity contribution is -0.140. The Labute approximate surface area is 141 Å². The molecule has 2 aliphatic heterocycles. The molecule has 2 aliphatic rings. The number of aromatic nitrogens is 2. The van der Waals surface area contributed by atoms with Crippen molar-refractivity contribution < 1.29 is 14.3 Å². The van der Waals surface area contributed by atoms with Crippen LogP contribution in [0.5, 0.6) is 0 Å². The smallest absolute Gasteiger partial charge is 0.251 e. The van der Waals surface area contributed by atoms with Crippen LogP contribution in [0.15, 0.2) is 12.3 Å². The Morgan fingerprint density at radius 2 is 2.17 bits per heavy atom. The van der Waals surface area contributed by atoms with Gasteiger partial charge < -0.3 is 15.0 Å². The van der Waals surface area contributed by atoms with Crippen molar-refractivity contribution in [2.24, 2.45) is 7.05 Å². The Bertz CT molecular complexity index is 582. The summed E-state index contributed by atoms with van der Waals surface area (Å²) < 4.78 is 7.14. The van der Waals surface area contributed by atoms with Gasteiger partial charge in [-0.15, -0.1) is 0 Å². The molecular formula is C16H25N5O3. The van der Waals surface area contributed by atoms with E-state index in [0.29, 0.717) is 32.1 Å². The fourth-order valence-corrected chi connectivity index (χ4v) is 3.19. The second-order valence-corrected chi connectivity index (χ2v) is 6.38. The number of amides is 2. The minimum atomic E-state index is -0.260. The number of carbonyl (C=O) groups excluding carboxylic acids is 2. The third-order valence-electron chi connectivity index (χ3n) is 4.45. The SMILES string of the molecule is Cn1ccc(NC(=O)CN2CCCN(C(=O)C3CCCO3)CC2)n1. The van der Waals surface area contributed by atoms with Gasteiger partial charge in [0.05, 0.1) is 6.54 Å². The van der Waals surface area contributed by atoms with E-state index < -0.39 is 0 Å². The fourth-order valence-electron chi connectivity index (χ4n) is 3.19. The van der Waals surface area contributed by atoms with Crippen molar-refractivity contribution in [3.8, 4) is 0 Å². The van der Waals surface area contributed by atoms with E-state index in [1.165, 1.54) is 0 Å². The van der Waals surface area contributed by atoms with Gasteiger partial charge in [-0.25, -0.2) is 0 Å². The molecule has 8 nitrogen and oxygen atoms in total. The van der Waals surface area contributed by atoms with E-state index in [9.17, 15) is 9.59 Å². The van der Waals surface area contributed by atoms with Gasteiger partial charge in [0.2, 0.25) is 5.91 Å². The predicted octanol–water partition coefficient (Wildman–Crippen LogP) is 0.0719. The summed E-state index contributed by atoms with van der Waals surface area (Å²) in [5.74, 6) is 0.590. The molecule has 2 saturated heterocycles. The summed E-state index contributed by atoms with van der Waals surface area (Å²) in [4.78, 5) is 28.5. The number of ether oxygens (including phenoxy) is 1. The summed E-state index contributed by atoms with van der Waals surface area (Å²) in [5, 5.41) is 6.94. The number of nitrogens with zero attached hydrogens (tertiary/aromatic N) is 4. The summed E-state index contributed by atoms with van der Waals surface area (Å²) in [6, 6.07) is 1.77. The second kappa shape index (κ2) is 7.76. The molecule has 0 aliphatic carbocycles. The molecule has 0 saturated carbocycles. The van der Waals surface area contributed by atoms with E-state index in [1.54, 1.807) is 16.9 Å². The number of anilines is 1. The molecular weight excluding hydrogens is 310 g/mol. The average molecular weight is 335 g/mol. The van der Waals surface area contributed by atoms with Crippen molar-refractivity contribution in [3.63, 3.8) is 0 Å². The molecule has 8 heteroatoms. The lowest BCUT2D eigenvalue weighted by Crippen LogP contribution is -2.42. The minimum Gasteiger partial charge on any atom is -0.368 e. The van der Waals surface area contributed by atoms with Crippen LogP contribution in [0.2, 0.25) is 0 Å². The maximum atomic E-state index is 12.4. The predicted molar refractivity (Wildman–Crippen MR) is 88.4 cm³/mol. The molecule has 1 N–H and O–H groups in total. The first-order valence-electron chi connectivity index (χ1n) is 8.54. The summed E-state index contributed by atoms with van der Waals surface area (Å²) in [6.07, 6.45) is 4.19. The Morgan fingerprint density at radius 1 is 1.29 bits per heavy atom. The third-order valence-corrected chi connectivity index (χ3v) is 4.45. The van der Waals surface area contributed by atoms with E-state index in [-0.39, 0.29) is 17.9 Å². The third kappa shape index (κ3) is 4.33. The monoisotopic (exact) mass is 335 g/mol. The average Bonchev–Trinajstić information content (AvgIpc) is 3.16. The van der Waals surface area contributed by atoms with E-state index in [2.05, 4.69) is 15.3 Å². The summed E-state index contributed by atoms with van der Waals surface area (Å²) in [6.45, 7) is 3.90. The zero-order valence-electron chi connectivity index (χ0n) is 14.1. The quantitative estimate of drug-likeness (QED) is 0.842. The van der Waals surface area contributed by atoms with E-state index in [1.807, 2.05) is 11.9 Å². The van der Waals surface area contributed by atoms with Gasteiger partial charge in [-0.3, -0.25) is 19.2 Å². The molecule has 24 heavy (non-hydrogen) atoms. The van der Waals surface area contributed by atoms with Crippen LogP contribution in [-0.2, 0) is 21.4 Å². The van der Waals surface area contributed by atoms with Gasteiger partial charge in [-0.05, 0) is 19.3 Å². The van der Waals surface area contributed by atoms with Crippen molar-refractivity contribution in [2.75, 3.05) is 44.6 Å². The fraction of sp³-hybridized carbons (Fsp3) is 0.688. The zero-order chi connectivity index (χ0) is 16.9. The van der Waals surface area contributed by atoms with Gasteiger partial charge in [-0.2, -0.15) is 5.10 Å². The van der Waals surface area contributed by atoms with Crippen LogP contribution in [0.25, 0.3) is 0 Å². The number of hydrogen-bond acceptors (Lipinski definition) is 5. The lowest BCUT2D eigenvalue weighted by atomic mass is 10.2. The number of rotatable bonds is 4. The number of nitrogens with one attached hydrogen (secondary N) is 1. The van der Waals surface area contributed by atoms with Crippen LogP contribution in [0.1, 0.15) is 19.3 Å².